The number of ketones is 1. The highest BCUT2D eigenvalue weighted by Crippen LogP contribution is 2.27. The van der Waals surface area contributed by atoms with Crippen LogP contribution in [0.25, 0.3) is 0 Å². The summed E-state index contributed by atoms with van der Waals surface area (Å²) < 4.78 is 13.8. The van der Waals surface area contributed by atoms with E-state index in [1.54, 1.807) is 0 Å². The monoisotopic (exact) mass is 416 g/mol. The summed E-state index contributed by atoms with van der Waals surface area (Å²) in [5.41, 5.74) is 4.21. The van der Waals surface area contributed by atoms with E-state index in [0.29, 0.717) is 26.9 Å². The molecule has 2 aromatic rings. The lowest BCUT2D eigenvalue weighted by atomic mass is 9.86. The van der Waals surface area contributed by atoms with Crippen LogP contribution in [0.2, 0.25) is 0 Å². The molecule has 0 spiro atoms. The van der Waals surface area contributed by atoms with Crippen molar-refractivity contribution in [3.8, 4) is 0 Å². The number of carbonyl (C=O) groups is 2. The maximum atomic E-state index is 13.4. The Kier molecular flexibility index (Phi) is 11.2. The largest absolute Gasteiger partial charge is 0.465 e. The summed E-state index contributed by atoms with van der Waals surface area (Å²) in [6.45, 7) is 8.36. The van der Waals surface area contributed by atoms with Crippen molar-refractivity contribution in [1.29, 1.82) is 0 Å². The van der Waals surface area contributed by atoms with E-state index in [4.69, 9.17) is 9.30 Å². The second kappa shape index (κ2) is 13.1. The Labute approximate surface area is 176 Å². The Balaban J connectivity index is 0.00000204. The third-order valence-corrected chi connectivity index (χ3v) is 4.80. The summed E-state index contributed by atoms with van der Waals surface area (Å²) in [6.07, 6.45) is 4.12. The van der Waals surface area contributed by atoms with Gasteiger partial charge in [0, 0.05) is 5.56 Å². The minimum absolute atomic E-state index is 0.185. The van der Waals surface area contributed by atoms with E-state index < -0.39 is 11.9 Å². The molecule has 0 aliphatic rings. The molecule has 0 aliphatic carbocycles. The van der Waals surface area contributed by atoms with Crippen LogP contribution in [-0.2, 0) is 14.1 Å². The van der Waals surface area contributed by atoms with Crippen LogP contribution in [-0.4, -0.2) is 18.4 Å². The van der Waals surface area contributed by atoms with Crippen LogP contribution in [0.1, 0.15) is 71.1 Å². The van der Waals surface area contributed by atoms with Gasteiger partial charge in [-0.05, 0) is 43.9 Å². The van der Waals surface area contributed by atoms with Crippen molar-refractivity contribution in [1.82, 2.24) is 0 Å². The highest BCUT2D eigenvalue weighted by Gasteiger charge is 2.32. The van der Waals surface area contributed by atoms with Crippen LogP contribution in [0.15, 0.2) is 42.5 Å². The summed E-state index contributed by atoms with van der Waals surface area (Å²) >= 11 is 0. The van der Waals surface area contributed by atoms with Gasteiger partial charge in [-0.3, -0.25) is 9.59 Å². The maximum absolute atomic E-state index is 13.4. The molecule has 2 unspecified atom stereocenters. The first kappa shape index (κ1) is 24.8. The molecule has 0 bridgehead atoms. The molecule has 2 rings (SSSR count). The van der Waals surface area contributed by atoms with Gasteiger partial charge in [-0.25, -0.2) is 0 Å². The Hall–Kier alpha value is -2.19. The first-order valence-electron chi connectivity index (χ1n) is 10.1. The standard InChI is InChI=1S/C24H30O3.H3OP/c1-5-6-7-11-14-27-24(26)22(20-12-9-8-10-13-20)23(25)21-18(3)15-17(2)16-19(21)4;1-2/h8-10,12-13,15-16,22H,5-7,11,14H2,1-4H3;2H3. The predicted octanol–water partition coefficient (Wildman–Crippen LogP) is 5.64. The minimum Gasteiger partial charge on any atom is -0.465 e. The number of hydrogen-bond acceptors (Lipinski definition) is 4. The van der Waals surface area contributed by atoms with E-state index in [0.717, 1.165) is 42.4 Å². The average molecular weight is 416 g/mol. The number of unbranched alkanes of at least 4 members (excludes halogenated alkanes) is 3. The Morgan fingerprint density at radius 1 is 0.931 bits per heavy atom. The van der Waals surface area contributed by atoms with Crippen LogP contribution in [0.4, 0.5) is 0 Å². The lowest BCUT2D eigenvalue weighted by Gasteiger charge is -2.18. The van der Waals surface area contributed by atoms with Gasteiger partial charge < -0.3 is 9.30 Å². The predicted molar refractivity (Wildman–Crippen MR) is 121 cm³/mol. The molecule has 0 radical (unpaired) electrons. The zero-order valence-electron chi connectivity index (χ0n) is 18.0. The lowest BCUT2D eigenvalue weighted by molar-refractivity contribution is -0.144. The normalized spacial score (nSPS) is 11.3. The fourth-order valence-corrected chi connectivity index (χ4v) is 3.54. The Morgan fingerprint density at radius 2 is 1.52 bits per heavy atom. The molecule has 0 heterocycles. The average Bonchev–Trinajstić information content (AvgIpc) is 2.69. The molecule has 0 saturated carbocycles. The summed E-state index contributed by atoms with van der Waals surface area (Å²) in [4.78, 5) is 26.2. The summed E-state index contributed by atoms with van der Waals surface area (Å²) in [5, 5.41) is 0. The van der Waals surface area contributed by atoms with Crippen LogP contribution < -0.4 is 0 Å². The van der Waals surface area contributed by atoms with Gasteiger partial charge in [-0.1, -0.05) is 74.2 Å². The van der Waals surface area contributed by atoms with E-state index in [1.165, 1.54) is 0 Å². The van der Waals surface area contributed by atoms with Gasteiger partial charge in [0.15, 0.2) is 5.78 Å². The van der Waals surface area contributed by atoms with Gasteiger partial charge in [0.2, 0.25) is 0 Å². The van der Waals surface area contributed by atoms with Gasteiger partial charge >= 0.3 is 5.97 Å². The zero-order chi connectivity index (χ0) is 21.8. The molecule has 29 heavy (non-hydrogen) atoms. The number of benzene rings is 2. The molecule has 0 amide bonds. The molecule has 5 heteroatoms. The second-order valence-corrected chi connectivity index (χ2v) is 7.21. The number of rotatable bonds is 9. The third kappa shape index (κ3) is 7.29. The fraction of sp³-hybridized carbons (Fsp3) is 0.417. The molecule has 0 fully saturated rings. The fourth-order valence-electron chi connectivity index (χ4n) is 3.54. The van der Waals surface area contributed by atoms with Crippen molar-refractivity contribution >= 4 is 20.9 Å². The highest BCUT2D eigenvalue weighted by molar-refractivity contribution is 7.00. The zero-order valence-corrected chi connectivity index (χ0v) is 19.4. The van der Waals surface area contributed by atoms with Gasteiger partial charge in [0.1, 0.15) is 5.92 Å². The molecule has 2 aromatic carbocycles. The lowest BCUT2D eigenvalue weighted by Crippen LogP contribution is -2.26. The maximum Gasteiger partial charge on any atom is 0.321 e. The van der Waals surface area contributed by atoms with Gasteiger partial charge in [-0.15, -0.1) is 0 Å². The summed E-state index contributed by atoms with van der Waals surface area (Å²) in [6, 6.07) is 13.2. The van der Waals surface area contributed by atoms with E-state index >= 15 is 0 Å². The van der Waals surface area contributed by atoms with Crippen molar-refractivity contribution in [3.05, 3.63) is 70.3 Å². The van der Waals surface area contributed by atoms with Gasteiger partial charge in [-0.2, -0.15) is 0 Å². The molecule has 4 nitrogen and oxygen atoms in total. The number of esters is 1. The van der Waals surface area contributed by atoms with Gasteiger partial charge in [0.25, 0.3) is 0 Å². The molecular formula is C24H33O4P. The number of carbonyl (C=O) groups excluding carboxylic acids is 2. The number of Topliss-reactive ketones (excluding diaryl/α,β-unsaturated/α-hetero) is 1. The Bertz CT molecular complexity index is 779. The van der Waals surface area contributed by atoms with Crippen molar-refractivity contribution in [2.45, 2.75) is 59.3 Å². The molecule has 0 aliphatic heterocycles. The first-order valence-corrected chi connectivity index (χ1v) is 10.7. The first-order chi connectivity index (χ1) is 14.0. The molecule has 158 valence electrons. The topological polar surface area (TPSA) is 60.4 Å². The van der Waals surface area contributed by atoms with E-state index in [1.807, 2.05) is 63.2 Å². The SMILES string of the molecule is CCCCCCOC(=O)C(C(=O)c1c(C)cc(C)cc1C)c1ccccc1.O=[PH3]. The van der Waals surface area contributed by atoms with Crippen molar-refractivity contribution in [3.63, 3.8) is 0 Å². The van der Waals surface area contributed by atoms with E-state index in [9.17, 15) is 9.59 Å². The van der Waals surface area contributed by atoms with Crippen molar-refractivity contribution < 1.29 is 18.9 Å². The van der Waals surface area contributed by atoms with Gasteiger partial charge in [0.05, 0.1) is 15.7 Å². The summed E-state index contributed by atoms with van der Waals surface area (Å²) in [7, 11) is 0.611. The molecule has 0 saturated heterocycles. The molecule has 2 atom stereocenters. The van der Waals surface area contributed by atoms with Crippen LogP contribution >= 0.6 is 9.12 Å². The number of hydrogen-bond donors (Lipinski definition) is 0. The minimum atomic E-state index is -0.919. The molecule has 0 aromatic heterocycles. The van der Waals surface area contributed by atoms with Crippen molar-refractivity contribution in [2.75, 3.05) is 6.61 Å². The Morgan fingerprint density at radius 3 is 2.07 bits per heavy atom. The molecule has 0 N–H and O–H groups in total. The van der Waals surface area contributed by atoms with Crippen LogP contribution in [0.5, 0.6) is 0 Å². The summed E-state index contributed by atoms with van der Waals surface area (Å²) in [5.74, 6) is -1.56. The third-order valence-electron chi connectivity index (χ3n) is 4.80. The number of aryl methyl sites for hydroxylation is 3. The quantitative estimate of drug-likeness (QED) is 0.174. The molecular weight excluding hydrogens is 383 g/mol. The van der Waals surface area contributed by atoms with Crippen LogP contribution in [0, 0.1) is 20.8 Å². The van der Waals surface area contributed by atoms with E-state index in [2.05, 4.69) is 6.92 Å². The van der Waals surface area contributed by atoms with Crippen molar-refractivity contribution in [2.24, 2.45) is 0 Å². The van der Waals surface area contributed by atoms with Crippen LogP contribution in [0.3, 0.4) is 0 Å². The highest BCUT2D eigenvalue weighted by atomic mass is 31.0. The number of ether oxygens (including phenoxy) is 1. The smallest absolute Gasteiger partial charge is 0.321 e. The second-order valence-electron chi connectivity index (χ2n) is 7.21. The van der Waals surface area contributed by atoms with E-state index in [-0.39, 0.29) is 5.78 Å².